The van der Waals surface area contributed by atoms with Gasteiger partial charge in [0.05, 0.1) is 0 Å². The maximum Gasteiger partial charge on any atom is 0.251 e. The average molecular weight is 346 g/mol. The number of hydrogen-bond donors (Lipinski definition) is 2. The molecule has 0 aliphatic carbocycles. The molecule has 1 unspecified atom stereocenters. The number of nitrogens with one attached hydrogen (secondary N) is 2. The van der Waals surface area contributed by atoms with Crippen molar-refractivity contribution in [2.75, 3.05) is 5.32 Å². The lowest BCUT2D eigenvalue weighted by molar-refractivity contribution is -0.118. The summed E-state index contributed by atoms with van der Waals surface area (Å²) in [5, 5.41) is 14.8. The van der Waals surface area contributed by atoms with Gasteiger partial charge in [0.2, 0.25) is 11.0 Å². The molecular formula is C17H22N4O2S. The van der Waals surface area contributed by atoms with E-state index in [4.69, 9.17) is 0 Å². The van der Waals surface area contributed by atoms with Gasteiger partial charge >= 0.3 is 0 Å². The van der Waals surface area contributed by atoms with Gasteiger partial charge in [-0.15, -0.1) is 10.2 Å². The van der Waals surface area contributed by atoms with Crippen molar-refractivity contribution in [3.05, 3.63) is 40.4 Å². The summed E-state index contributed by atoms with van der Waals surface area (Å²) in [6.07, 6.45) is 0.769. The van der Waals surface area contributed by atoms with Crippen molar-refractivity contribution in [2.45, 2.75) is 40.2 Å². The molecule has 1 atom stereocenters. The number of aromatic nitrogens is 2. The molecule has 0 aliphatic rings. The summed E-state index contributed by atoms with van der Waals surface area (Å²) in [5.74, 6) is -0.613. The summed E-state index contributed by atoms with van der Waals surface area (Å²) in [6.45, 7) is 7.71. The van der Waals surface area contributed by atoms with Gasteiger partial charge in [-0.2, -0.15) is 0 Å². The van der Waals surface area contributed by atoms with E-state index < -0.39 is 6.04 Å². The van der Waals surface area contributed by atoms with E-state index >= 15 is 0 Å². The molecule has 1 heterocycles. The van der Waals surface area contributed by atoms with Gasteiger partial charge in [0.1, 0.15) is 11.0 Å². The zero-order chi connectivity index (χ0) is 17.7. The molecule has 7 heteroatoms. The Labute approximate surface area is 145 Å². The second-order valence-corrected chi connectivity index (χ2v) is 6.97. The Kier molecular flexibility index (Phi) is 6.03. The summed E-state index contributed by atoms with van der Waals surface area (Å²) in [5.41, 5.74) is 1.61. The highest BCUT2D eigenvalue weighted by molar-refractivity contribution is 7.15. The van der Waals surface area contributed by atoms with Crippen molar-refractivity contribution in [1.82, 2.24) is 15.5 Å². The van der Waals surface area contributed by atoms with E-state index in [9.17, 15) is 9.59 Å². The molecule has 2 N–H and O–H groups in total. The third-order valence-corrected chi connectivity index (χ3v) is 4.53. The molecular weight excluding hydrogens is 324 g/mol. The summed E-state index contributed by atoms with van der Waals surface area (Å²) < 4.78 is 0. The van der Waals surface area contributed by atoms with Crippen LogP contribution in [-0.4, -0.2) is 28.1 Å². The SMILES string of the molecule is CCc1nnc(NC(=O)C(NC(=O)c2ccc(C)cc2)C(C)C)s1. The average Bonchev–Trinajstić information content (AvgIpc) is 3.00. The quantitative estimate of drug-likeness (QED) is 0.842. The van der Waals surface area contributed by atoms with E-state index in [1.807, 2.05) is 39.8 Å². The van der Waals surface area contributed by atoms with E-state index in [2.05, 4.69) is 20.8 Å². The van der Waals surface area contributed by atoms with Gasteiger partial charge in [-0.05, 0) is 31.4 Å². The molecule has 6 nitrogen and oxygen atoms in total. The summed E-state index contributed by atoms with van der Waals surface area (Å²) in [6, 6.07) is 6.59. The van der Waals surface area contributed by atoms with Crippen LogP contribution in [-0.2, 0) is 11.2 Å². The molecule has 0 bridgehead atoms. The van der Waals surface area contributed by atoms with Crippen LogP contribution < -0.4 is 10.6 Å². The predicted octanol–water partition coefficient (Wildman–Crippen LogP) is 2.80. The normalized spacial score (nSPS) is 12.0. The predicted molar refractivity (Wildman–Crippen MR) is 95.2 cm³/mol. The van der Waals surface area contributed by atoms with Gasteiger partial charge in [-0.1, -0.05) is 49.8 Å². The van der Waals surface area contributed by atoms with Crippen LogP contribution in [0.2, 0.25) is 0 Å². The zero-order valence-electron chi connectivity index (χ0n) is 14.3. The third kappa shape index (κ3) is 4.61. The molecule has 0 radical (unpaired) electrons. The minimum absolute atomic E-state index is 0.0574. The molecule has 0 spiro atoms. The van der Waals surface area contributed by atoms with E-state index in [1.165, 1.54) is 11.3 Å². The van der Waals surface area contributed by atoms with Crippen molar-refractivity contribution in [3.8, 4) is 0 Å². The Hall–Kier alpha value is -2.28. The number of carbonyl (C=O) groups excluding carboxylic acids is 2. The zero-order valence-corrected chi connectivity index (χ0v) is 15.1. The van der Waals surface area contributed by atoms with Gasteiger partial charge in [-0.3, -0.25) is 14.9 Å². The van der Waals surface area contributed by atoms with Gasteiger partial charge in [0.15, 0.2) is 0 Å². The highest BCUT2D eigenvalue weighted by Crippen LogP contribution is 2.16. The fraction of sp³-hybridized carbons (Fsp3) is 0.412. The minimum atomic E-state index is -0.646. The molecule has 128 valence electrons. The first-order valence-corrected chi connectivity index (χ1v) is 8.73. The fourth-order valence-electron chi connectivity index (χ4n) is 2.09. The lowest BCUT2D eigenvalue weighted by Crippen LogP contribution is -2.47. The molecule has 0 saturated heterocycles. The monoisotopic (exact) mass is 346 g/mol. The van der Waals surface area contributed by atoms with Crippen LogP contribution in [0.25, 0.3) is 0 Å². The van der Waals surface area contributed by atoms with Crippen molar-refractivity contribution in [1.29, 1.82) is 0 Å². The summed E-state index contributed by atoms with van der Waals surface area (Å²) >= 11 is 1.34. The number of aryl methyl sites for hydroxylation is 2. The Morgan fingerprint density at radius 3 is 2.38 bits per heavy atom. The highest BCUT2D eigenvalue weighted by Gasteiger charge is 2.25. The molecule has 24 heavy (non-hydrogen) atoms. The molecule has 0 aliphatic heterocycles. The topological polar surface area (TPSA) is 84.0 Å². The number of benzene rings is 1. The Bertz CT molecular complexity index is 710. The molecule has 1 aromatic heterocycles. The van der Waals surface area contributed by atoms with Crippen molar-refractivity contribution >= 4 is 28.3 Å². The second kappa shape index (κ2) is 8.01. The third-order valence-electron chi connectivity index (χ3n) is 3.55. The van der Waals surface area contributed by atoms with Crippen molar-refractivity contribution in [3.63, 3.8) is 0 Å². The van der Waals surface area contributed by atoms with Crippen LogP contribution >= 0.6 is 11.3 Å². The van der Waals surface area contributed by atoms with Gasteiger partial charge in [-0.25, -0.2) is 0 Å². The molecule has 2 aromatic rings. The second-order valence-electron chi connectivity index (χ2n) is 5.90. The molecule has 2 amide bonds. The molecule has 1 aromatic carbocycles. The Balaban J connectivity index is 2.06. The lowest BCUT2D eigenvalue weighted by atomic mass is 10.0. The number of hydrogen-bond acceptors (Lipinski definition) is 5. The molecule has 2 rings (SSSR count). The smallest absolute Gasteiger partial charge is 0.251 e. The van der Waals surface area contributed by atoms with E-state index in [0.29, 0.717) is 10.7 Å². The largest absolute Gasteiger partial charge is 0.340 e. The van der Waals surface area contributed by atoms with Crippen LogP contribution in [0, 0.1) is 12.8 Å². The van der Waals surface area contributed by atoms with Crippen LogP contribution in [0.3, 0.4) is 0 Å². The van der Waals surface area contributed by atoms with Crippen LogP contribution in [0.5, 0.6) is 0 Å². The molecule has 0 saturated carbocycles. The van der Waals surface area contributed by atoms with Crippen LogP contribution in [0.4, 0.5) is 5.13 Å². The fourth-order valence-corrected chi connectivity index (χ4v) is 2.78. The molecule has 0 fully saturated rings. The number of nitrogens with zero attached hydrogens (tertiary/aromatic N) is 2. The lowest BCUT2D eigenvalue weighted by Gasteiger charge is -2.21. The van der Waals surface area contributed by atoms with Gasteiger partial charge in [0, 0.05) is 5.56 Å². The first-order valence-electron chi connectivity index (χ1n) is 7.91. The van der Waals surface area contributed by atoms with Gasteiger partial charge in [0.25, 0.3) is 5.91 Å². The highest BCUT2D eigenvalue weighted by atomic mass is 32.1. The number of anilines is 1. The van der Waals surface area contributed by atoms with Gasteiger partial charge < -0.3 is 5.32 Å². The maximum absolute atomic E-state index is 12.5. The summed E-state index contributed by atoms with van der Waals surface area (Å²) in [4.78, 5) is 24.8. The van der Waals surface area contributed by atoms with E-state index in [1.54, 1.807) is 12.1 Å². The first kappa shape index (κ1) is 18.1. The first-order chi connectivity index (χ1) is 11.4. The van der Waals surface area contributed by atoms with E-state index in [-0.39, 0.29) is 17.7 Å². The van der Waals surface area contributed by atoms with Crippen LogP contribution in [0.15, 0.2) is 24.3 Å². The number of rotatable bonds is 6. The number of amides is 2. The van der Waals surface area contributed by atoms with E-state index in [0.717, 1.165) is 17.0 Å². The standard InChI is InChI=1S/C17H22N4O2S/c1-5-13-20-21-17(24-13)19-16(23)14(10(2)3)18-15(22)12-8-6-11(4)7-9-12/h6-10,14H,5H2,1-4H3,(H,18,22)(H,19,21,23). The Morgan fingerprint density at radius 1 is 1.17 bits per heavy atom. The summed E-state index contributed by atoms with van der Waals surface area (Å²) in [7, 11) is 0. The Morgan fingerprint density at radius 2 is 1.83 bits per heavy atom. The minimum Gasteiger partial charge on any atom is -0.340 e. The number of carbonyl (C=O) groups is 2. The van der Waals surface area contributed by atoms with Crippen molar-refractivity contribution in [2.24, 2.45) is 5.92 Å². The van der Waals surface area contributed by atoms with Crippen molar-refractivity contribution < 1.29 is 9.59 Å². The van der Waals surface area contributed by atoms with Crippen LogP contribution in [0.1, 0.15) is 41.7 Å². The maximum atomic E-state index is 12.5.